The molecule has 2 aliphatic heterocycles. The molecule has 0 bridgehead atoms. The Kier molecular flexibility index (Phi) is 3.92. The Morgan fingerprint density at radius 2 is 1.75 bits per heavy atom. The fourth-order valence-corrected chi connectivity index (χ4v) is 3.21. The van der Waals surface area contributed by atoms with Crippen LogP contribution in [0, 0.1) is 0 Å². The number of hydrazine groups is 1. The summed E-state index contributed by atoms with van der Waals surface area (Å²) in [4.78, 5) is 12.6. The largest absolute Gasteiger partial charge is 0.497 e. The molecule has 0 aliphatic carbocycles. The fourth-order valence-electron chi connectivity index (χ4n) is 3.21. The predicted molar refractivity (Wildman–Crippen MR) is 77.5 cm³/mol. The van der Waals surface area contributed by atoms with Crippen LogP contribution in [0.15, 0.2) is 24.3 Å². The second-order valence-electron chi connectivity index (χ2n) is 5.59. The number of amides is 1. The molecule has 1 amide bonds. The number of carbonyl (C=O) groups is 1. The number of carbonyl (C=O) groups excluding carboxylic acids is 1. The van der Waals surface area contributed by atoms with Gasteiger partial charge in [-0.05, 0) is 37.0 Å². The van der Waals surface area contributed by atoms with Crippen molar-refractivity contribution < 1.29 is 9.53 Å². The number of benzene rings is 1. The maximum Gasteiger partial charge on any atom is 0.244 e. The van der Waals surface area contributed by atoms with Crippen molar-refractivity contribution in [2.24, 2.45) is 0 Å². The minimum absolute atomic E-state index is 0.0165. The summed E-state index contributed by atoms with van der Waals surface area (Å²) in [5.41, 5.74) is 1.11. The summed E-state index contributed by atoms with van der Waals surface area (Å²) in [6.45, 7) is 2.91. The van der Waals surface area contributed by atoms with Gasteiger partial charge in [0.2, 0.25) is 5.91 Å². The number of hydrogen-bond acceptors (Lipinski definition) is 3. The van der Waals surface area contributed by atoms with Crippen LogP contribution in [0.4, 0.5) is 0 Å². The highest BCUT2D eigenvalue weighted by atomic mass is 16.5. The van der Waals surface area contributed by atoms with E-state index >= 15 is 0 Å². The summed E-state index contributed by atoms with van der Waals surface area (Å²) in [6, 6.07) is 7.90. The van der Waals surface area contributed by atoms with Crippen molar-refractivity contribution in [1.82, 2.24) is 10.0 Å². The minimum atomic E-state index is 0.0165. The van der Waals surface area contributed by atoms with Gasteiger partial charge in [-0.2, -0.15) is 0 Å². The van der Waals surface area contributed by atoms with Gasteiger partial charge in [-0.3, -0.25) is 9.80 Å². The second-order valence-corrected chi connectivity index (χ2v) is 5.59. The van der Waals surface area contributed by atoms with Crippen LogP contribution in [0.1, 0.15) is 37.2 Å². The van der Waals surface area contributed by atoms with E-state index in [1.165, 1.54) is 19.3 Å². The van der Waals surface area contributed by atoms with Gasteiger partial charge in [-0.1, -0.05) is 18.6 Å². The van der Waals surface area contributed by atoms with E-state index in [2.05, 4.69) is 5.01 Å². The Morgan fingerprint density at radius 1 is 1.05 bits per heavy atom. The van der Waals surface area contributed by atoms with Crippen molar-refractivity contribution in [2.75, 3.05) is 26.7 Å². The van der Waals surface area contributed by atoms with Gasteiger partial charge >= 0.3 is 0 Å². The van der Waals surface area contributed by atoms with Crippen LogP contribution in [0.3, 0.4) is 0 Å². The zero-order valence-electron chi connectivity index (χ0n) is 12.0. The Bertz CT molecular complexity index is 466. The summed E-state index contributed by atoms with van der Waals surface area (Å²) in [5.74, 6) is 1.12. The van der Waals surface area contributed by atoms with E-state index in [9.17, 15) is 4.79 Å². The highest BCUT2D eigenvalue weighted by molar-refractivity contribution is 5.85. The number of hydrogen-bond donors (Lipinski definition) is 0. The SMILES string of the molecule is COc1ccc(C2CCN(N3CCCCC3)C2=O)cc1. The lowest BCUT2D eigenvalue weighted by molar-refractivity contribution is -0.145. The van der Waals surface area contributed by atoms with Gasteiger partial charge in [-0.15, -0.1) is 0 Å². The van der Waals surface area contributed by atoms with Crippen LogP contribution in [-0.4, -0.2) is 42.7 Å². The molecule has 2 fully saturated rings. The zero-order valence-corrected chi connectivity index (χ0v) is 12.0. The Morgan fingerprint density at radius 3 is 2.40 bits per heavy atom. The third-order valence-electron chi connectivity index (χ3n) is 4.37. The van der Waals surface area contributed by atoms with E-state index in [-0.39, 0.29) is 11.8 Å². The van der Waals surface area contributed by atoms with Crippen LogP contribution < -0.4 is 4.74 Å². The van der Waals surface area contributed by atoms with Crippen LogP contribution in [0.5, 0.6) is 5.75 Å². The van der Waals surface area contributed by atoms with Crippen LogP contribution in [-0.2, 0) is 4.79 Å². The van der Waals surface area contributed by atoms with E-state index < -0.39 is 0 Å². The summed E-state index contributed by atoms with van der Waals surface area (Å²) >= 11 is 0. The average molecular weight is 274 g/mol. The number of methoxy groups -OCH3 is 1. The number of piperidine rings is 1. The van der Waals surface area contributed by atoms with E-state index in [1.54, 1.807) is 7.11 Å². The smallest absolute Gasteiger partial charge is 0.244 e. The van der Waals surface area contributed by atoms with E-state index in [0.29, 0.717) is 0 Å². The van der Waals surface area contributed by atoms with Crippen molar-refractivity contribution in [1.29, 1.82) is 0 Å². The normalized spacial score (nSPS) is 24.1. The van der Waals surface area contributed by atoms with Gasteiger partial charge in [-0.25, -0.2) is 5.01 Å². The lowest BCUT2D eigenvalue weighted by Crippen LogP contribution is -2.46. The standard InChI is InChI=1S/C16H22N2O2/c1-20-14-7-5-13(6-8-14)15-9-12-18(16(15)19)17-10-3-2-4-11-17/h5-8,15H,2-4,9-12H2,1H3. The average Bonchev–Trinajstić information content (AvgIpc) is 2.90. The molecule has 4 nitrogen and oxygen atoms in total. The van der Waals surface area contributed by atoms with Crippen molar-refractivity contribution in [3.05, 3.63) is 29.8 Å². The number of ether oxygens (including phenoxy) is 1. The van der Waals surface area contributed by atoms with Gasteiger partial charge in [0.05, 0.1) is 13.0 Å². The molecule has 2 aliphatic rings. The van der Waals surface area contributed by atoms with E-state index in [4.69, 9.17) is 4.74 Å². The number of rotatable bonds is 3. The Balaban J connectivity index is 1.70. The molecule has 0 radical (unpaired) electrons. The quantitative estimate of drug-likeness (QED) is 0.848. The maximum absolute atomic E-state index is 12.6. The highest BCUT2D eigenvalue weighted by Crippen LogP contribution is 2.31. The molecule has 1 aromatic rings. The molecular formula is C16H22N2O2. The predicted octanol–water partition coefficient (Wildman–Crippen LogP) is 2.41. The molecule has 1 atom stereocenters. The summed E-state index contributed by atoms with van der Waals surface area (Å²) in [5, 5.41) is 4.23. The molecule has 1 unspecified atom stereocenters. The molecule has 3 rings (SSSR count). The highest BCUT2D eigenvalue weighted by Gasteiger charge is 2.36. The van der Waals surface area contributed by atoms with Gasteiger partial charge < -0.3 is 4.74 Å². The van der Waals surface area contributed by atoms with Gasteiger partial charge in [0, 0.05) is 19.6 Å². The first-order valence-corrected chi connectivity index (χ1v) is 7.50. The van der Waals surface area contributed by atoms with Crippen molar-refractivity contribution in [3.8, 4) is 5.75 Å². The van der Waals surface area contributed by atoms with Crippen molar-refractivity contribution in [2.45, 2.75) is 31.6 Å². The minimum Gasteiger partial charge on any atom is -0.497 e. The Hall–Kier alpha value is -1.55. The lowest BCUT2D eigenvalue weighted by Gasteiger charge is -2.34. The van der Waals surface area contributed by atoms with Crippen LogP contribution >= 0.6 is 0 Å². The monoisotopic (exact) mass is 274 g/mol. The fraction of sp³-hybridized carbons (Fsp3) is 0.562. The van der Waals surface area contributed by atoms with Gasteiger partial charge in [0.1, 0.15) is 5.75 Å². The summed E-state index contributed by atoms with van der Waals surface area (Å²) in [7, 11) is 1.66. The zero-order chi connectivity index (χ0) is 13.9. The Labute approximate surface area is 120 Å². The molecule has 0 saturated carbocycles. The molecule has 4 heteroatoms. The van der Waals surface area contributed by atoms with Crippen molar-refractivity contribution in [3.63, 3.8) is 0 Å². The topological polar surface area (TPSA) is 32.8 Å². The molecule has 20 heavy (non-hydrogen) atoms. The molecular weight excluding hydrogens is 252 g/mol. The third kappa shape index (κ3) is 2.52. The first-order chi connectivity index (χ1) is 9.79. The lowest BCUT2D eigenvalue weighted by atomic mass is 9.98. The van der Waals surface area contributed by atoms with Crippen LogP contribution in [0.2, 0.25) is 0 Å². The third-order valence-corrected chi connectivity index (χ3v) is 4.37. The van der Waals surface area contributed by atoms with Crippen molar-refractivity contribution >= 4 is 5.91 Å². The molecule has 2 heterocycles. The summed E-state index contributed by atoms with van der Waals surface area (Å²) in [6.07, 6.45) is 4.62. The van der Waals surface area contributed by atoms with E-state index in [1.807, 2.05) is 29.3 Å². The molecule has 2 saturated heterocycles. The maximum atomic E-state index is 12.6. The first kappa shape index (κ1) is 13.4. The molecule has 108 valence electrons. The molecule has 0 N–H and O–H groups in total. The molecule has 0 aromatic heterocycles. The molecule has 1 aromatic carbocycles. The second kappa shape index (κ2) is 5.83. The first-order valence-electron chi connectivity index (χ1n) is 7.50. The van der Waals surface area contributed by atoms with Gasteiger partial charge in [0.25, 0.3) is 0 Å². The van der Waals surface area contributed by atoms with Crippen LogP contribution in [0.25, 0.3) is 0 Å². The van der Waals surface area contributed by atoms with Gasteiger partial charge in [0.15, 0.2) is 0 Å². The molecule has 0 spiro atoms. The van der Waals surface area contributed by atoms with E-state index in [0.717, 1.165) is 37.4 Å². The summed E-state index contributed by atoms with van der Waals surface area (Å²) < 4.78 is 5.17. The number of nitrogens with zero attached hydrogens (tertiary/aromatic N) is 2.